The van der Waals surface area contributed by atoms with Crippen LogP contribution in [0.1, 0.15) is 78.1 Å². The van der Waals surface area contributed by atoms with Gasteiger partial charge in [0, 0.05) is 6.61 Å². The van der Waals surface area contributed by atoms with Crippen LogP contribution in [-0.4, -0.2) is 48.8 Å². The Morgan fingerprint density at radius 3 is 1.68 bits per heavy atom. The highest BCUT2D eigenvalue weighted by Gasteiger charge is 2.16. The Morgan fingerprint density at radius 1 is 0.636 bits per heavy atom. The fourth-order valence-electron chi connectivity index (χ4n) is 2.55. The molecule has 0 unspecified atom stereocenters. The average molecular weight is 318 g/mol. The molecular formula is C18H38O4. The molecule has 22 heavy (non-hydrogen) atoms. The van der Waals surface area contributed by atoms with E-state index in [1.165, 1.54) is 51.4 Å². The molecule has 0 amide bonds. The Morgan fingerprint density at radius 2 is 1.14 bits per heavy atom. The standard InChI is InChI=1S/C18H38O4/c1-18(2,22-17-14-20)12-10-8-6-4-3-5-7-9-11-15-21-16-13-19/h19-20H,3-17H2,1-2H3. The van der Waals surface area contributed by atoms with E-state index in [-0.39, 0.29) is 18.8 Å². The fraction of sp³-hybridized carbons (Fsp3) is 1.00. The molecule has 2 N–H and O–H groups in total. The van der Waals surface area contributed by atoms with E-state index in [0.29, 0.717) is 13.2 Å². The normalized spacial score (nSPS) is 12.0. The Kier molecular flexibility index (Phi) is 15.6. The molecule has 0 saturated heterocycles. The average Bonchev–Trinajstić information content (AvgIpc) is 2.50. The summed E-state index contributed by atoms with van der Waals surface area (Å²) >= 11 is 0. The van der Waals surface area contributed by atoms with Gasteiger partial charge in [-0.15, -0.1) is 0 Å². The summed E-state index contributed by atoms with van der Waals surface area (Å²) in [5, 5.41) is 17.3. The summed E-state index contributed by atoms with van der Waals surface area (Å²) in [5.41, 5.74) is -0.0964. The molecule has 0 aliphatic heterocycles. The molecule has 0 aliphatic carbocycles. The van der Waals surface area contributed by atoms with E-state index in [1.807, 2.05) is 0 Å². The van der Waals surface area contributed by atoms with E-state index in [2.05, 4.69) is 13.8 Å². The second kappa shape index (κ2) is 15.7. The zero-order valence-electron chi connectivity index (χ0n) is 14.8. The van der Waals surface area contributed by atoms with Crippen LogP contribution in [0.4, 0.5) is 0 Å². The van der Waals surface area contributed by atoms with Gasteiger partial charge in [-0.3, -0.25) is 0 Å². The van der Waals surface area contributed by atoms with Crippen LogP contribution in [0.15, 0.2) is 0 Å². The topological polar surface area (TPSA) is 58.9 Å². The lowest BCUT2D eigenvalue weighted by Crippen LogP contribution is -2.25. The van der Waals surface area contributed by atoms with Gasteiger partial charge < -0.3 is 19.7 Å². The van der Waals surface area contributed by atoms with Crippen molar-refractivity contribution in [1.29, 1.82) is 0 Å². The summed E-state index contributed by atoms with van der Waals surface area (Å²) in [7, 11) is 0. The first kappa shape index (κ1) is 21.8. The van der Waals surface area contributed by atoms with Gasteiger partial charge in [-0.25, -0.2) is 0 Å². The first-order valence-electron chi connectivity index (χ1n) is 9.06. The Bertz CT molecular complexity index is 219. The van der Waals surface area contributed by atoms with Gasteiger partial charge in [0.05, 0.1) is 32.0 Å². The number of aliphatic hydroxyl groups is 2. The molecule has 0 heterocycles. The van der Waals surface area contributed by atoms with Gasteiger partial charge in [-0.05, 0) is 26.7 Å². The molecule has 134 valence electrons. The first-order chi connectivity index (χ1) is 10.6. The monoisotopic (exact) mass is 318 g/mol. The van der Waals surface area contributed by atoms with E-state index in [1.54, 1.807) is 0 Å². The summed E-state index contributed by atoms with van der Waals surface area (Å²) < 4.78 is 10.8. The second-order valence-corrected chi connectivity index (χ2v) is 6.60. The van der Waals surface area contributed by atoms with Crippen molar-refractivity contribution in [2.45, 2.75) is 83.7 Å². The van der Waals surface area contributed by atoms with Gasteiger partial charge in [0.15, 0.2) is 0 Å². The molecule has 0 rings (SSSR count). The molecule has 0 bridgehead atoms. The molecule has 0 aliphatic rings. The van der Waals surface area contributed by atoms with Crippen LogP contribution in [0.5, 0.6) is 0 Å². The molecule has 0 saturated carbocycles. The predicted octanol–water partition coefficient (Wildman–Crippen LogP) is 3.68. The van der Waals surface area contributed by atoms with Crippen LogP contribution in [0.3, 0.4) is 0 Å². The highest BCUT2D eigenvalue weighted by molar-refractivity contribution is 4.68. The van der Waals surface area contributed by atoms with Crippen molar-refractivity contribution in [2.24, 2.45) is 0 Å². The van der Waals surface area contributed by atoms with E-state index >= 15 is 0 Å². The summed E-state index contributed by atoms with van der Waals surface area (Å²) in [6.45, 7) is 6.15. The zero-order chi connectivity index (χ0) is 16.5. The smallest absolute Gasteiger partial charge is 0.0704 e. The van der Waals surface area contributed by atoms with Crippen molar-refractivity contribution in [3.05, 3.63) is 0 Å². The number of rotatable bonds is 17. The number of ether oxygens (including phenoxy) is 2. The van der Waals surface area contributed by atoms with E-state index in [0.717, 1.165) is 19.4 Å². The lowest BCUT2D eigenvalue weighted by molar-refractivity contribution is -0.0394. The van der Waals surface area contributed by atoms with Gasteiger partial charge in [-0.2, -0.15) is 0 Å². The van der Waals surface area contributed by atoms with Crippen LogP contribution >= 0.6 is 0 Å². The zero-order valence-corrected chi connectivity index (χ0v) is 14.8. The highest BCUT2D eigenvalue weighted by atomic mass is 16.5. The van der Waals surface area contributed by atoms with Crippen LogP contribution in [0.2, 0.25) is 0 Å². The number of aliphatic hydroxyl groups excluding tert-OH is 2. The van der Waals surface area contributed by atoms with Crippen molar-refractivity contribution in [1.82, 2.24) is 0 Å². The Balaban J connectivity index is 3.17. The lowest BCUT2D eigenvalue weighted by Gasteiger charge is -2.24. The Hall–Kier alpha value is -0.160. The first-order valence-corrected chi connectivity index (χ1v) is 9.06. The molecular weight excluding hydrogens is 280 g/mol. The SMILES string of the molecule is CC(C)(CCCCCCCCCCCOCCO)OCCO. The third-order valence-corrected chi connectivity index (χ3v) is 3.89. The molecule has 0 aromatic heterocycles. The van der Waals surface area contributed by atoms with Crippen molar-refractivity contribution in [2.75, 3.05) is 33.0 Å². The molecule has 0 spiro atoms. The molecule has 4 nitrogen and oxygen atoms in total. The second-order valence-electron chi connectivity index (χ2n) is 6.60. The maximum absolute atomic E-state index is 8.77. The van der Waals surface area contributed by atoms with E-state index in [9.17, 15) is 0 Å². The van der Waals surface area contributed by atoms with Gasteiger partial charge in [-0.1, -0.05) is 51.4 Å². The number of unbranched alkanes of at least 4 members (excludes halogenated alkanes) is 8. The van der Waals surface area contributed by atoms with Gasteiger partial charge in [0.2, 0.25) is 0 Å². The largest absolute Gasteiger partial charge is 0.394 e. The van der Waals surface area contributed by atoms with Crippen molar-refractivity contribution in [3.63, 3.8) is 0 Å². The minimum absolute atomic E-state index is 0.0964. The third kappa shape index (κ3) is 16.2. The summed E-state index contributed by atoms with van der Waals surface area (Å²) in [5.74, 6) is 0. The number of hydrogen-bond donors (Lipinski definition) is 2. The molecule has 0 aromatic carbocycles. The molecule has 4 heteroatoms. The molecule has 0 radical (unpaired) electrons. The van der Waals surface area contributed by atoms with Crippen LogP contribution in [0.25, 0.3) is 0 Å². The summed E-state index contributed by atoms with van der Waals surface area (Å²) in [6, 6.07) is 0. The quantitative estimate of drug-likeness (QED) is 0.402. The molecule has 0 fully saturated rings. The third-order valence-electron chi connectivity index (χ3n) is 3.89. The molecule has 0 aromatic rings. The van der Waals surface area contributed by atoms with Gasteiger partial charge in [0.25, 0.3) is 0 Å². The van der Waals surface area contributed by atoms with Gasteiger partial charge in [0.1, 0.15) is 0 Å². The summed E-state index contributed by atoms with van der Waals surface area (Å²) in [4.78, 5) is 0. The highest BCUT2D eigenvalue weighted by Crippen LogP contribution is 2.19. The van der Waals surface area contributed by atoms with Crippen LogP contribution < -0.4 is 0 Å². The van der Waals surface area contributed by atoms with Crippen molar-refractivity contribution >= 4 is 0 Å². The van der Waals surface area contributed by atoms with E-state index < -0.39 is 0 Å². The van der Waals surface area contributed by atoms with Crippen LogP contribution in [-0.2, 0) is 9.47 Å². The lowest BCUT2D eigenvalue weighted by atomic mass is 9.99. The predicted molar refractivity (Wildman–Crippen MR) is 91.2 cm³/mol. The molecule has 0 atom stereocenters. The van der Waals surface area contributed by atoms with Crippen LogP contribution in [0, 0.1) is 0 Å². The summed E-state index contributed by atoms with van der Waals surface area (Å²) in [6.07, 6.45) is 12.5. The van der Waals surface area contributed by atoms with Crippen molar-refractivity contribution in [3.8, 4) is 0 Å². The fourth-order valence-corrected chi connectivity index (χ4v) is 2.55. The minimum atomic E-state index is -0.0964. The van der Waals surface area contributed by atoms with Crippen molar-refractivity contribution < 1.29 is 19.7 Å². The maximum atomic E-state index is 8.77. The number of hydrogen-bond acceptors (Lipinski definition) is 4. The maximum Gasteiger partial charge on any atom is 0.0704 e. The Labute approximate surface area is 137 Å². The minimum Gasteiger partial charge on any atom is -0.394 e. The van der Waals surface area contributed by atoms with E-state index in [4.69, 9.17) is 19.7 Å². The van der Waals surface area contributed by atoms with Gasteiger partial charge >= 0.3 is 0 Å².